The van der Waals surface area contributed by atoms with E-state index in [0.29, 0.717) is 19.5 Å². The minimum atomic E-state index is -0.379. The van der Waals surface area contributed by atoms with E-state index in [4.69, 9.17) is 0 Å². The van der Waals surface area contributed by atoms with E-state index in [1.54, 1.807) is 11.2 Å². The van der Waals surface area contributed by atoms with E-state index < -0.39 is 0 Å². The van der Waals surface area contributed by atoms with Crippen LogP contribution in [0.25, 0.3) is 11.0 Å². The number of aliphatic hydroxyl groups excluding tert-OH is 1. The van der Waals surface area contributed by atoms with Gasteiger partial charge in [0, 0.05) is 13.1 Å². The predicted molar refractivity (Wildman–Crippen MR) is 71.6 cm³/mol. The van der Waals surface area contributed by atoms with Crippen molar-refractivity contribution in [3.05, 3.63) is 30.6 Å². The number of aliphatic hydroxyl groups is 1. The van der Waals surface area contributed by atoms with Crippen LogP contribution in [0.1, 0.15) is 19.4 Å². The number of benzene rings is 1. The van der Waals surface area contributed by atoms with E-state index in [-0.39, 0.29) is 18.1 Å². The Kier molecular flexibility index (Phi) is 2.98. The van der Waals surface area contributed by atoms with E-state index in [0.717, 1.165) is 11.0 Å². The molecule has 1 aromatic carbocycles. The van der Waals surface area contributed by atoms with Gasteiger partial charge in [0.1, 0.15) is 6.04 Å². The summed E-state index contributed by atoms with van der Waals surface area (Å²) in [6.45, 7) is 2.95. The second-order valence-electron chi connectivity index (χ2n) is 5.04. The number of fused-ring (bicyclic) bond motifs is 1. The van der Waals surface area contributed by atoms with Gasteiger partial charge in [0.2, 0.25) is 5.91 Å². The van der Waals surface area contributed by atoms with E-state index in [2.05, 4.69) is 4.98 Å². The van der Waals surface area contributed by atoms with Crippen LogP contribution in [0.5, 0.6) is 0 Å². The summed E-state index contributed by atoms with van der Waals surface area (Å²) in [4.78, 5) is 18.4. The minimum Gasteiger partial charge on any atom is -0.391 e. The van der Waals surface area contributed by atoms with Crippen LogP contribution in [0.4, 0.5) is 0 Å². The van der Waals surface area contributed by atoms with Crippen LogP contribution in [-0.2, 0) is 4.79 Å². The van der Waals surface area contributed by atoms with E-state index in [1.165, 1.54) is 0 Å². The maximum Gasteiger partial charge on any atom is 0.245 e. The van der Waals surface area contributed by atoms with Gasteiger partial charge in [-0.25, -0.2) is 4.98 Å². The first-order valence-electron chi connectivity index (χ1n) is 6.55. The first-order valence-corrected chi connectivity index (χ1v) is 6.55. The number of rotatable bonds is 2. The van der Waals surface area contributed by atoms with Crippen molar-refractivity contribution >= 4 is 16.9 Å². The molecule has 2 aromatic rings. The summed E-state index contributed by atoms with van der Waals surface area (Å²) in [7, 11) is 0. The number of likely N-dealkylation sites (tertiary alicyclic amines) is 1. The van der Waals surface area contributed by atoms with Crippen LogP contribution in [0.15, 0.2) is 30.6 Å². The molecule has 0 saturated carbocycles. The Morgan fingerprint density at radius 3 is 3.00 bits per heavy atom. The molecule has 5 heteroatoms. The molecule has 0 aliphatic carbocycles. The molecule has 0 radical (unpaired) electrons. The molecule has 2 atom stereocenters. The number of imidazole rings is 1. The quantitative estimate of drug-likeness (QED) is 0.881. The molecule has 1 N–H and O–H groups in total. The highest BCUT2D eigenvalue weighted by Gasteiger charge is 2.29. The summed E-state index contributed by atoms with van der Waals surface area (Å²) in [6.07, 6.45) is 2.00. The highest BCUT2D eigenvalue weighted by molar-refractivity contribution is 5.83. The summed E-state index contributed by atoms with van der Waals surface area (Å²) in [6, 6.07) is 7.48. The highest BCUT2D eigenvalue weighted by Crippen LogP contribution is 2.21. The molecular formula is C14H17N3O2. The van der Waals surface area contributed by atoms with Gasteiger partial charge >= 0.3 is 0 Å². The fourth-order valence-corrected chi connectivity index (χ4v) is 2.61. The molecule has 2 unspecified atom stereocenters. The van der Waals surface area contributed by atoms with Gasteiger partial charge in [-0.3, -0.25) is 4.79 Å². The molecule has 1 saturated heterocycles. The highest BCUT2D eigenvalue weighted by atomic mass is 16.3. The van der Waals surface area contributed by atoms with Crippen LogP contribution in [0.3, 0.4) is 0 Å². The van der Waals surface area contributed by atoms with Crippen molar-refractivity contribution in [2.75, 3.05) is 13.1 Å². The molecule has 100 valence electrons. The first-order chi connectivity index (χ1) is 9.16. The van der Waals surface area contributed by atoms with Crippen LogP contribution in [0, 0.1) is 0 Å². The number of β-amino-alcohol motifs (C(OH)–C–C–N with tert-alkyl or cyclic N) is 1. The van der Waals surface area contributed by atoms with Crippen molar-refractivity contribution in [3.8, 4) is 0 Å². The third kappa shape index (κ3) is 2.10. The number of aromatic nitrogens is 2. The lowest BCUT2D eigenvalue weighted by atomic mass is 10.2. The zero-order valence-electron chi connectivity index (χ0n) is 10.9. The number of amides is 1. The molecule has 19 heavy (non-hydrogen) atoms. The maximum atomic E-state index is 12.4. The molecule has 0 bridgehead atoms. The average molecular weight is 259 g/mol. The molecule has 3 rings (SSSR count). The fraction of sp³-hybridized carbons (Fsp3) is 0.429. The third-order valence-corrected chi connectivity index (χ3v) is 3.73. The lowest BCUT2D eigenvalue weighted by Gasteiger charge is -2.21. The van der Waals surface area contributed by atoms with Crippen LogP contribution >= 0.6 is 0 Å². The first kappa shape index (κ1) is 12.2. The zero-order valence-corrected chi connectivity index (χ0v) is 10.9. The Balaban J connectivity index is 1.87. The summed E-state index contributed by atoms with van der Waals surface area (Å²) >= 11 is 0. The van der Waals surface area contributed by atoms with Crippen LogP contribution < -0.4 is 0 Å². The van der Waals surface area contributed by atoms with Crippen molar-refractivity contribution in [2.45, 2.75) is 25.5 Å². The van der Waals surface area contributed by atoms with Crippen molar-refractivity contribution < 1.29 is 9.90 Å². The molecule has 1 aliphatic heterocycles. The number of hydrogen-bond acceptors (Lipinski definition) is 3. The molecule has 1 fully saturated rings. The second kappa shape index (κ2) is 4.66. The summed E-state index contributed by atoms with van der Waals surface area (Å²) in [5, 5.41) is 9.52. The Hall–Kier alpha value is -1.88. The average Bonchev–Trinajstić information content (AvgIpc) is 3.03. The van der Waals surface area contributed by atoms with E-state index >= 15 is 0 Å². The molecular weight excluding hydrogens is 242 g/mol. The van der Waals surface area contributed by atoms with Crippen molar-refractivity contribution in [1.29, 1.82) is 0 Å². The number of carbonyl (C=O) groups is 1. The number of para-hydroxylation sites is 2. The molecule has 1 aliphatic rings. The lowest BCUT2D eigenvalue weighted by Crippen LogP contribution is -2.35. The normalized spacial score (nSPS) is 20.9. The summed E-state index contributed by atoms with van der Waals surface area (Å²) in [5.41, 5.74) is 1.85. The van der Waals surface area contributed by atoms with E-state index in [9.17, 15) is 9.90 Å². The molecule has 0 spiro atoms. The molecule has 1 aromatic heterocycles. The predicted octanol–water partition coefficient (Wildman–Crippen LogP) is 1.19. The minimum absolute atomic E-state index is 0.0414. The Morgan fingerprint density at radius 1 is 1.47 bits per heavy atom. The van der Waals surface area contributed by atoms with Gasteiger partial charge < -0.3 is 14.6 Å². The van der Waals surface area contributed by atoms with Gasteiger partial charge in [0.05, 0.1) is 23.5 Å². The standard InChI is InChI=1S/C14H17N3O2/c1-10(14(19)16-7-6-11(18)8-16)17-9-15-12-4-2-3-5-13(12)17/h2-5,9-11,18H,6-8H2,1H3. The Bertz CT molecular complexity index is 608. The third-order valence-electron chi connectivity index (χ3n) is 3.73. The van der Waals surface area contributed by atoms with Crippen molar-refractivity contribution in [1.82, 2.24) is 14.5 Å². The van der Waals surface area contributed by atoms with Gasteiger partial charge in [-0.05, 0) is 25.5 Å². The monoisotopic (exact) mass is 259 g/mol. The van der Waals surface area contributed by atoms with Crippen LogP contribution in [-0.4, -0.2) is 44.7 Å². The van der Waals surface area contributed by atoms with Crippen LogP contribution in [0.2, 0.25) is 0 Å². The summed E-state index contributed by atoms with van der Waals surface area (Å²) < 4.78 is 1.89. The van der Waals surface area contributed by atoms with Gasteiger partial charge in [-0.1, -0.05) is 12.1 Å². The SMILES string of the molecule is CC(C(=O)N1CCC(O)C1)n1cnc2ccccc21. The van der Waals surface area contributed by atoms with Gasteiger partial charge in [-0.15, -0.1) is 0 Å². The van der Waals surface area contributed by atoms with Gasteiger partial charge in [-0.2, -0.15) is 0 Å². The molecule has 1 amide bonds. The van der Waals surface area contributed by atoms with Crippen molar-refractivity contribution in [3.63, 3.8) is 0 Å². The van der Waals surface area contributed by atoms with Gasteiger partial charge in [0.15, 0.2) is 0 Å². The van der Waals surface area contributed by atoms with E-state index in [1.807, 2.05) is 35.8 Å². The second-order valence-corrected chi connectivity index (χ2v) is 5.04. The largest absolute Gasteiger partial charge is 0.391 e. The topological polar surface area (TPSA) is 58.4 Å². The molecule has 5 nitrogen and oxygen atoms in total. The number of carbonyl (C=O) groups excluding carboxylic acids is 1. The lowest BCUT2D eigenvalue weighted by molar-refractivity contribution is -0.133. The molecule has 2 heterocycles. The summed E-state index contributed by atoms with van der Waals surface area (Å²) in [5.74, 6) is 0.0414. The number of nitrogens with zero attached hydrogens (tertiary/aromatic N) is 3. The smallest absolute Gasteiger partial charge is 0.245 e. The number of hydrogen-bond donors (Lipinski definition) is 1. The maximum absolute atomic E-state index is 12.4. The van der Waals surface area contributed by atoms with Crippen molar-refractivity contribution in [2.24, 2.45) is 0 Å². The van der Waals surface area contributed by atoms with Gasteiger partial charge in [0.25, 0.3) is 0 Å². The zero-order chi connectivity index (χ0) is 13.4. The Morgan fingerprint density at radius 2 is 2.26 bits per heavy atom. The Labute approximate surface area is 111 Å². The fourth-order valence-electron chi connectivity index (χ4n) is 2.61.